The second-order valence-corrected chi connectivity index (χ2v) is 4.69. The highest BCUT2D eigenvalue weighted by atomic mass is 16.2. The van der Waals surface area contributed by atoms with Crippen LogP contribution in [0.15, 0.2) is 0 Å². The zero-order valence-electron chi connectivity index (χ0n) is 10.7. The number of piperidine rings is 1. The first-order chi connectivity index (χ1) is 8.13. The van der Waals surface area contributed by atoms with E-state index in [1.165, 1.54) is 0 Å². The second kappa shape index (κ2) is 4.87. The summed E-state index contributed by atoms with van der Waals surface area (Å²) in [6, 6.07) is 0.417. The Morgan fingerprint density at radius 1 is 1.53 bits per heavy atom. The predicted molar refractivity (Wildman–Crippen MR) is 66.0 cm³/mol. The third kappa shape index (κ3) is 2.34. The summed E-state index contributed by atoms with van der Waals surface area (Å²) in [7, 11) is 1.95. The van der Waals surface area contributed by atoms with Crippen LogP contribution in [0.5, 0.6) is 0 Å². The summed E-state index contributed by atoms with van der Waals surface area (Å²) in [5.41, 5.74) is 2.39. The van der Waals surface area contributed by atoms with Crippen molar-refractivity contribution >= 4 is 5.91 Å². The zero-order chi connectivity index (χ0) is 12.4. The lowest BCUT2D eigenvalue weighted by molar-refractivity contribution is 0.0697. The molecular weight excluding hydrogens is 216 g/mol. The van der Waals surface area contributed by atoms with E-state index in [4.69, 9.17) is 0 Å². The maximum Gasteiger partial charge on any atom is 0.257 e. The van der Waals surface area contributed by atoms with Gasteiger partial charge in [0, 0.05) is 24.8 Å². The smallest absolute Gasteiger partial charge is 0.257 e. The minimum atomic E-state index is 0.105. The van der Waals surface area contributed by atoms with Crippen LogP contribution in [-0.2, 0) is 0 Å². The van der Waals surface area contributed by atoms with Gasteiger partial charge in [0.15, 0.2) is 0 Å². The molecule has 1 saturated heterocycles. The Bertz CT molecular complexity index is 393. The highest BCUT2D eigenvalue weighted by Crippen LogP contribution is 2.17. The van der Waals surface area contributed by atoms with Crippen LogP contribution >= 0.6 is 0 Å². The summed E-state index contributed by atoms with van der Waals surface area (Å²) >= 11 is 0. The summed E-state index contributed by atoms with van der Waals surface area (Å²) in [6.45, 7) is 5.41. The van der Waals surface area contributed by atoms with Crippen molar-refractivity contribution in [1.29, 1.82) is 0 Å². The van der Waals surface area contributed by atoms with Crippen LogP contribution in [0.2, 0.25) is 0 Å². The first kappa shape index (κ1) is 12.1. The molecule has 0 spiro atoms. The van der Waals surface area contributed by atoms with Gasteiger partial charge in [-0.15, -0.1) is 0 Å². The summed E-state index contributed by atoms with van der Waals surface area (Å²) in [5, 5.41) is 10.2. The lowest BCUT2D eigenvalue weighted by atomic mass is 10.0. The summed E-state index contributed by atoms with van der Waals surface area (Å²) < 4.78 is 0. The molecule has 5 nitrogen and oxygen atoms in total. The predicted octanol–water partition coefficient (Wildman–Crippen LogP) is 0.851. The molecule has 0 radical (unpaired) electrons. The van der Waals surface area contributed by atoms with Crippen molar-refractivity contribution < 1.29 is 4.79 Å². The Kier molecular flexibility index (Phi) is 3.47. The Morgan fingerprint density at radius 3 is 2.88 bits per heavy atom. The molecule has 1 atom stereocenters. The number of rotatable bonds is 2. The summed E-state index contributed by atoms with van der Waals surface area (Å²) in [4.78, 5) is 14.3. The van der Waals surface area contributed by atoms with Gasteiger partial charge in [-0.05, 0) is 33.7 Å². The van der Waals surface area contributed by atoms with E-state index in [9.17, 15) is 4.79 Å². The minimum Gasteiger partial charge on any atom is -0.337 e. The van der Waals surface area contributed by atoms with Crippen molar-refractivity contribution in [3.05, 3.63) is 17.0 Å². The van der Waals surface area contributed by atoms with Crippen LogP contribution in [0, 0.1) is 13.8 Å². The normalized spacial score (nSPS) is 20.6. The van der Waals surface area contributed by atoms with E-state index in [2.05, 4.69) is 15.5 Å². The Hall–Kier alpha value is -1.36. The minimum absolute atomic E-state index is 0.105. The van der Waals surface area contributed by atoms with Gasteiger partial charge < -0.3 is 10.2 Å². The Labute approximate surface area is 102 Å². The summed E-state index contributed by atoms with van der Waals surface area (Å²) in [6.07, 6.45) is 2.21. The van der Waals surface area contributed by atoms with E-state index in [1.54, 1.807) is 0 Å². The molecule has 17 heavy (non-hydrogen) atoms. The third-order valence-electron chi connectivity index (χ3n) is 3.46. The number of aromatic nitrogens is 2. The van der Waals surface area contributed by atoms with E-state index in [1.807, 2.05) is 25.8 Å². The number of aromatic amines is 1. The highest BCUT2D eigenvalue weighted by molar-refractivity contribution is 5.96. The SMILES string of the molecule is CNC1CCCN(C(=O)c2c(C)n[nH]c2C)C1. The van der Waals surface area contributed by atoms with Crippen molar-refractivity contribution in [3.8, 4) is 0 Å². The van der Waals surface area contributed by atoms with Gasteiger partial charge in [-0.1, -0.05) is 0 Å². The number of nitrogens with zero attached hydrogens (tertiary/aromatic N) is 2. The lowest BCUT2D eigenvalue weighted by Crippen LogP contribution is -2.47. The molecule has 94 valence electrons. The number of H-pyrrole nitrogens is 1. The number of likely N-dealkylation sites (N-methyl/N-ethyl adjacent to an activating group) is 1. The molecule has 1 aromatic rings. The fourth-order valence-electron chi connectivity index (χ4n) is 2.42. The van der Waals surface area contributed by atoms with E-state index in [-0.39, 0.29) is 5.91 Å². The molecule has 5 heteroatoms. The monoisotopic (exact) mass is 236 g/mol. The number of amides is 1. The van der Waals surface area contributed by atoms with E-state index in [0.29, 0.717) is 6.04 Å². The summed E-state index contributed by atoms with van der Waals surface area (Å²) in [5.74, 6) is 0.105. The third-order valence-corrected chi connectivity index (χ3v) is 3.46. The maximum atomic E-state index is 12.4. The molecule has 1 unspecified atom stereocenters. The van der Waals surface area contributed by atoms with Crippen LogP contribution in [0.3, 0.4) is 0 Å². The van der Waals surface area contributed by atoms with Crippen molar-refractivity contribution in [2.24, 2.45) is 0 Å². The number of hydrogen-bond donors (Lipinski definition) is 2. The fraction of sp³-hybridized carbons (Fsp3) is 0.667. The highest BCUT2D eigenvalue weighted by Gasteiger charge is 2.26. The van der Waals surface area contributed by atoms with Crippen LogP contribution in [0.1, 0.15) is 34.6 Å². The number of nitrogens with one attached hydrogen (secondary N) is 2. The van der Waals surface area contributed by atoms with Crippen molar-refractivity contribution in [3.63, 3.8) is 0 Å². The van der Waals surface area contributed by atoms with Gasteiger partial charge in [0.1, 0.15) is 0 Å². The number of carbonyl (C=O) groups excluding carboxylic acids is 1. The number of aryl methyl sites for hydroxylation is 2. The van der Waals surface area contributed by atoms with Crippen molar-refractivity contribution in [1.82, 2.24) is 20.4 Å². The van der Waals surface area contributed by atoms with Gasteiger partial charge in [-0.3, -0.25) is 9.89 Å². The number of carbonyl (C=O) groups is 1. The molecule has 2 N–H and O–H groups in total. The molecular formula is C12H20N4O. The molecule has 0 aliphatic carbocycles. The molecule has 1 aliphatic rings. The largest absolute Gasteiger partial charge is 0.337 e. The zero-order valence-corrected chi connectivity index (χ0v) is 10.7. The van der Waals surface area contributed by atoms with E-state index >= 15 is 0 Å². The average molecular weight is 236 g/mol. The van der Waals surface area contributed by atoms with Crippen molar-refractivity contribution in [2.75, 3.05) is 20.1 Å². The molecule has 0 aromatic carbocycles. The standard InChI is InChI=1S/C12H20N4O/c1-8-11(9(2)15-14-8)12(17)16-6-4-5-10(7-16)13-3/h10,13H,4-7H2,1-3H3,(H,14,15). The lowest BCUT2D eigenvalue weighted by Gasteiger charge is -2.32. The number of hydrogen-bond acceptors (Lipinski definition) is 3. The van der Waals surface area contributed by atoms with Gasteiger partial charge >= 0.3 is 0 Å². The van der Waals surface area contributed by atoms with E-state index in [0.717, 1.165) is 42.9 Å². The second-order valence-electron chi connectivity index (χ2n) is 4.69. The molecule has 1 aromatic heterocycles. The van der Waals surface area contributed by atoms with Gasteiger partial charge in [0.25, 0.3) is 5.91 Å². The number of likely N-dealkylation sites (tertiary alicyclic amines) is 1. The Morgan fingerprint density at radius 2 is 2.29 bits per heavy atom. The van der Waals surface area contributed by atoms with Crippen LogP contribution in [0.4, 0.5) is 0 Å². The first-order valence-electron chi connectivity index (χ1n) is 6.11. The topological polar surface area (TPSA) is 61.0 Å². The first-order valence-corrected chi connectivity index (χ1v) is 6.11. The van der Waals surface area contributed by atoms with Gasteiger partial charge in [0.05, 0.1) is 11.3 Å². The van der Waals surface area contributed by atoms with Gasteiger partial charge in [-0.2, -0.15) is 5.10 Å². The molecule has 1 aliphatic heterocycles. The Balaban J connectivity index is 2.15. The van der Waals surface area contributed by atoms with Crippen LogP contribution in [0.25, 0.3) is 0 Å². The van der Waals surface area contributed by atoms with E-state index < -0.39 is 0 Å². The molecule has 0 saturated carbocycles. The van der Waals surface area contributed by atoms with Crippen molar-refractivity contribution in [2.45, 2.75) is 32.7 Å². The molecule has 1 amide bonds. The maximum absolute atomic E-state index is 12.4. The average Bonchev–Trinajstić information content (AvgIpc) is 2.68. The van der Waals surface area contributed by atoms with Crippen LogP contribution in [-0.4, -0.2) is 47.2 Å². The van der Waals surface area contributed by atoms with Gasteiger partial charge in [-0.25, -0.2) is 0 Å². The fourth-order valence-corrected chi connectivity index (χ4v) is 2.42. The molecule has 1 fully saturated rings. The van der Waals surface area contributed by atoms with Gasteiger partial charge in [0.2, 0.25) is 0 Å². The molecule has 2 heterocycles. The quantitative estimate of drug-likeness (QED) is 0.800. The van der Waals surface area contributed by atoms with Crippen LogP contribution < -0.4 is 5.32 Å². The molecule has 2 rings (SSSR count). The molecule has 0 bridgehead atoms.